The molecule has 0 saturated carbocycles. The van der Waals surface area contributed by atoms with E-state index in [4.69, 9.17) is 133 Å². The Labute approximate surface area is 779 Å². The maximum atomic E-state index is 14.3. The number of rotatable bonds is 67. The first kappa shape index (κ1) is 104. The molecule has 46 nitrogen and oxygen atoms in total. The third kappa shape index (κ3) is 31.2. The Morgan fingerprint density at radius 1 is 0.373 bits per heavy atom. The molecule has 3 aromatic heterocycles. The lowest BCUT2D eigenvalue weighted by Crippen LogP contribution is -2.65. The van der Waals surface area contributed by atoms with Crippen LogP contribution in [0, 0.1) is 0 Å². The van der Waals surface area contributed by atoms with Crippen molar-refractivity contribution in [2.45, 2.75) is 260 Å². The van der Waals surface area contributed by atoms with Gasteiger partial charge in [-0.15, -0.1) is 15.3 Å². The highest BCUT2D eigenvalue weighted by molar-refractivity contribution is 5.77. The molecule has 4 N–H and O–H groups in total. The molecule has 4 amide bonds. The smallest absolute Gasteiger partial charge is 0.306 e. The molecular weight excluding hydrogens is 1770 g/mol. The molecule has 9 aliphatic rings. The Balaban J connectivity index is 0.536. The van der Waals surface area contributed by atoms with Gasteiger partial charge in [-0.2, -0.15) is 0 Å². The topological polar surface area (TPSA) is 484 Å². The Bertz CT molecular complexity index is 3870. The Hall–Kier alpha value is -7.09. The molecule has 46 heteroatoms. The van der Waals surface area contributed by atoms with E-state index in [0.717, 1.165) is 5.56 Å². The molecule has 13 rings (SSSR count). The van der Waals surface area contributed by atoms with Crippen LogP contribution in [0.1, 0.15) is 123 Å². The van der Waals surface area contributed by atoms with Crippen LogP contribution in [0.3, 0.4) is 0 Å². The van der Waals surface area contributed by atoms with Crippen molar-refractivity contribution in [1.82, 2.24) is 66.2 Å². The van der Waals surface area contributed by atoms with Crippen LogP contribution in [-0.4, -0.2) is 386 Å². The summed E-state index contributed by atoms with van der Waals surface area (Å²) in [5, 5.41) is 38.0. The minimum absolute atomic E-state index is 0.00627. The van der Waals surface area contributed by atoms with Crippen LogP contribution in [0.15, 0.2) is 48.9 Å². The van der Waals surface area contributed by atoms with Gasteiger partial charge in [-0.25, -0.2) is 14.0 Å². The average molecular weight is 1910 g/mol. The zero-order valence-electron chi connectivity index (χ0n) is 78.4. The van der Waals surface area contributed by atoms with Crippen LogP contribution in [0.25, 0.3) is 0 Å². The first-order chi connectivity index (χ1) is 64.8. The van der Waals surface area contributed by atoms with E-state index in [1.54, 1.807) is 32.6 Å². The third-order valence-electron chi connectivity index (χ3n) is 23.1. The summed E-state index contributed by atoms with van der Waals surface area (Å²) in [5.41, 5.74) is -1.52. The summed E-state index contributed by atoms with van der Waals surface area (Å²) in [6.07, 6.45) is 3.18. The first-order valence-corrected chi connectivity index (χ1v) is 46.4. The van der Waals surface area contributed by atoms with Crippen LogP contribution in [-0.2, 0) is 203 Å². The molecule has 9 fully saturated rings. The summed E-state index contributed by atoms with van der Waals surface area (Å²) in [5.74, 6) is -3.85. The summed E-state index contributed by atoms with van der Waals surface area (Å²) in [4.78, 5) is 62.9. The second-order valence-electron chi connectivity index (χ2n) is 35.8. The molecule has 0 aliphatic carbocycles. The summed E-state index contributed by atoms with van der Waals surface area (Å²) < 4.78 is 174. The highest BCUT2D eigenvalue weighted by atomic mass is 16.8. The van der Waals surface area contributed by atoms with Gasteiger partial charge in [0.05, 0.1) is 256 Å². The largest absolute Gasteiger partial charge is 0.461 e. The van der Waals surface area contributed by atoms with Gasteiger partial charge in [0.15, 0.2) is 36.2 Å². The number of esters is 1. The molecule has 12 heterocycles. The van der Waals surface area contributed by atoms with E-state index in [1.165, 1.54) is 20.8 Å². The van der Waals surface area contributed by atoms with E-state index in [9.17, 15) is 24.0 Å². The highest BCUT2D eigenvalue weighted by Gasteiger charge is 2.69. The molecule has 4 aromatic rings. The van der Waals surface area contributed by atoms with Crippen LogP contribution in [0.2, 0.25) is 0 Å². The predicted octanol–water partition coefficient (Wildman–Crippen LogP) is 1.000. The van der Waals surface area contributed by atoms with Gasteiger partial charge < -0.3 is 154 Å². The third-order valence-corrected chi connectivity index (χ3v) is 23.1. The van der Waals surface area contributed by atoms with Crippen LogP contribution >= 0.6 is 0 Å². The number of carbonyl (C=O) groups excluding carboxylic acids is 5. The second kappa shape index (κ2) is 51.2. The number of nitrogens with zero attached hydrogens (tertiary/aromatic N) is 9. The molecular formula is C88H137N13O33. The van der Waals surface area contributed by atoms with Crippen LogP contribution < -0.4 is 21.3 Å². The molecule has 6 bridgehead atoms. The van der Waals surface area contributed by atoms with E-state index in [2.05, 4.69) is 52.2 Å². The van der Waals surface area contributed by atoms with Crippen molar-refractivity contribution in [2.24, 2.45) is 0 Å². The monoisotopic (exact) mass is 1900 g/mol. The average Bonchev–Trinajstić information content (AvgIpc) is 1.58. The Morgan fingerprint density at radius 2 is 0.679 bits per heavy atom. The van der Waals surface area contributed by atoms with E-state index < -0.39 is 113 Å². The van der Waals surface area contributed by atoms with Crippen molar-refractivity contribution in [3.05, 3.63) is 71.6 Å². The summed E-state index contributed by atoms with van der Waals surface area (Å²) >= 11 is 0. The number of benzene rings is 1. The lowest BCUT2D eigenvalue weighted by Gasteiger charge is -2.42. The van der Waals surface area contributed by atoms with E-state index in [-0.39, 0.29) is 128 Å². The number of unbranched alkanes of at least 4 members (excludes halogenated alkanes) is 3. The lowest BCUT2D eigenvalue weighted by molar-refractivity contribution is -0.214. The van der Waals surface area contributed by atoms with Crippen molar-refractivity contribution in [1.29, 1.82) is 0 Å². The van der Waals surface area contributed by atoms with Gasteiger partial charge >= 0.3 is 5.97 Å². The van der Waals surface area contributed by atoms with E-state index in [0.29, 0.717) is 201 Å². The highest BCUT2D eigenvalue weighted by Crippen LogP contribution is 2.50. The quantitative estimate of drug-likeness (QED) is 0.0354. The summed E-state index contributed by atoms with van der Waals surface area (Å²) in [7, 11) is 0. The molecule has 752 valence electrons. The molecule has 0 spiro atoms. The van der Waals surface area contributed by atoms with Gasteiger partial charge in [0.25, 0.3) is 0 Å². The van der Waals surface area contributed by atoms with Crippen molar-refractivity contribution in [3.63, 3.8) is 0 Å². The van der Waals surface area contributed by atoms with Gasteiger partial charge in [-0.05, 0) is 59.9 Å². The minimum Gasteiger partial charge on any atom is -0.461 e. The maximum Gasteiger partial charge on any atom is 0.306 e. The zero-order chi connectivity index (χ0) is 94.3. The molecule has 1 aromatic carbocycles. The fraction of sp³-hybridized carbons (Fsp3) is 0.807. The minimum atomic E-state index is -1.30. The van der Waals surface area contributed by atoms with Crippen molar-refractivity contribution >= 4 is 29.6 Å². The Morgan fingerprint density at radius 3 is 1.00 bits per heavy atom. The van der Waals surface area contributed by atoms with Crippen molar-refractivity contribution < 1.29 is 157 Å². The second-order valence-corrected chi connectivity index (χ2v) is 35.8. The fourth-order valence-electron chi connectivity index (χ4n) is 17.1. The Kier molecular flexibility index (Phi) is 39.8. The number of carbonyl (C=O) groups is 5. The summed E-state index contributed by atoms with van der Waals surface area (Å²) in [6, 6.07) is 7.94. The number of amides is 4. The van der Waals surface area contributed by atoms with Gasteiger partial charge in [-0.3, -0.25) is 24.0 Å². The lowest BCUT2D eigenvalue weighted by atomic mass is 9.88. The number of ether oxygens (including phenoxy) is 28. The van der Waals surface area contributed by atoms with E-state index >= 15 is 0 Å². The number of fused-ring (bicyclic) bond motifs is 12. The summed E-state index contributed by atoms with van der Waals surface area (Å²) in [6.45, 7) is 24.5. The number of nitrogens with one attached hydrogen (secondary N) is 4. The maximum absolute atomic E-state index is 14.3. The molecule has 9 aliphatic heterocycles. The number of hydrogen-bond acceptors (Lipinski definition) is 39. The predicted molar refractivity (Wildman–Crippen MR) is 459 cm³/mol. The van der Waals surface area contributed by atoms with Gasteiger partial charge in [0.2, 0.25) is 23.6 Å². The molecule has 0 radical (unpaired) electrons. The molecule has 0 unspecified atom stereocenters. The standard InChI is InChI=1S/C88H137N13O33/c1-61(102)89-70-73-76(129-82(4,5)126-73)86(58-123-79(70)132-86)55-116-42-39-113-36-33-110-30-27-107-24-21-99-45-65(93-96-99)49-119-52-85(92-68(105)19-15-10-11-16-20-69(106)122-48-64-17-13-12-14-18-64,53-120-50-66-46-100(97-94-66)22-25-108-28-31-111-34-37-114-40-43-117-56-87-59-124-80(133-87)71(90-62(2)103)74-77(87)130-83(6,7)127-74)54-121-51-67-47-101(98-95-67)23-26-109-29-32-112-35-38-115-41-44-118-57-88-60-125-81(134-88)72(91-63(3)104)75-78(88)131-84(8,9)128-75/h12-14,17-18,45-47,70-81H,10-11,15-16,19-44,48-60H2,1-9H3,(H,89,102)(H,90,103)(H,91,104)(H,92,105)/t70-,71-,72-,73-,74-,75-,76-,77-,78-,79+,80+,81+,86+,87+,88+/m1/s1. The fourth-order valence-corrected chi connectivity index (χ4v) is 17.1. The molecule has 15 atom stereocenters. The van der Waals surface area contributed by atoms with Crippen molar-refractivity contribution in [2.75, 3.05) is 198 Å². The molecule has 134 heavy (non-hydrogen) atoms. The zero-order valence-corrected chi connectivity index (χ0v) is 78.4. The van der Waals surface area contributed by atoms with Gasteiger partial charge in [-0.1, -0.05) is 58.8 Å². The SMILES string of the molecule is CC(=O)N[C@H]1[C@H]2OC[C@](COCCOCCOCCOCCn3cc(COCC(COCc4cn(CCOCCOCCOCCOC[C@@]56CO[C@@H](O5)[C@H](NC(C)=O)[C@H]5OC(C)(C)O[C@H]56)nn4)(COCc4cn(CCOCCOCCOCCOC[C@@]56CO[C@@H](O5)[C@H](NC(C)=O)[C@H]5OC(C)(C)O[C@H]56)nn4)NC(=O)CCCCCCC(=O)OCc4ccccc4)nn3)(O2)[C@@H]2OC(C)(C)O[C@H]12. The van der Waals surface area contributed by atoms with Gasteiger partial charge in [0, 0.05) is 33.6 Å². The van der Waals surface area contributed by atoms with Crippen LogP contribution in [0.4, 0.5) is 0 Å². The number of hydrogen-bond donors (Lipinski definition) is 4. The normalized spacial score (nSPS) is 27.1. The number of aromatic nitrogens is 9. The van der Waals surface area contributed by atoms with Gasteiger partial charge in [0.1, 0.15) is 101 Å². The first-order valence-electron chi connectivity index (χ1n) is 46.4. The van der Waals surface area contributed by atoms with Crippen LogP contribution in [0.5, 0.6) is 0 Å². The van der Waals surface area contributed by atoms with E-state index in [1.807, 2.05) is 71.9 Å². The van der Waals surface area contributed by atoms with Crippen molar-refractivity contribution in [3.8, 4) is 0 Å². The molecule has 9 saturated heterocycles.